The third-order valence-electron chi connectivity index (χ3n) is 4.46. The number of nitrogens with zero attached hydrogens (tertiary/aromatic N) is 2. The third-order valence-corrected chi connectivity index (χ3v) is 5.35. The smallest absolute Gasteiger partial charge is 0.125 e. The van der Waals surface area contributed by atoms with Crippen molar-refractivity contribution in [1.82, 2.24) is 9.97 Å². The van der Waals surface area contributed by atoms with Gasteiger partial charge in [0.15, 0.2) is 0 Å². The zero-order valence-corrected chi connectivity index (χ0v) is 13.7. The fourth-order valence-corrected chi connectivity index (χ4v) is 4.22. The first-order valence-electron chi connectivity index (χ1n) is 8.27. The second-order valence-corrected chi connectivity index (χ2v) is 6.91. The summed E-state index contributed by atoms with van der Waals surface area (Å²) in [4.78, 5) is 9.27. The Morgan fingerprint density at radius 2 is 2.00 bits per heavy atom. The molecule has 0 N–H and O–H groups in total. The van der Waals surface area contributed by atoms with E-state index in [9.17, 15) is 0 Å². The highest BCUT2D eigenvalue weighted by atomic mass is 32.1. The Labute approximate surface area is 131 Å². The maximum Gasteiger partial charge on any atom is 0.125 e. The van der Waals surface area contributed by atoms with E-state index in [1.807, 2.05) is 12.4 Å². The molecule has 0 unspecified atom stereocenters. The molecular formula is C18H24N2S. The van der Waals surface area contributed by atoms with Gasteiger partial charge in [0.1, 0.15) is 5.01 Å². The van der Waals surface area contributed by atoms with Gasteiger partial charge >= 0.3 is 0 Å². The summed E-state index contributed by atoms with van der Waals surface area (Å²) in [5.74, 6) is 0.684. The predicted molar refractivity (Wildman–Crippen MR) is 89.8 cm³/mol. The lowest BCUT2D eigenvalue weighted by Gasteiger charge is -2.10. The quantitative estimate of drug-likeness (QED) is 0.687. The van der Waals surface area contributed by atoms with E-state index < -0.39 is 0 Å². The van der Waals surface area contributed by atoms with Crippen molar-refractivity contribution in [2.45, 2.75) is 64.2 Å². The van der Waals surface area contributed by atoms with E-state index in [1.54, 1.807) is 11.3 Å². The minimum atomic E-state index is 0.684. The number of aromatic nitrogens is 2. The number of thiazole rings is 1. The monoisotopic (exact) mass is 300 g/mol. The molecule has 1 saturated carbocycles. The molecule has 0 saturated heterocycles. The molecule has 2 aromatic rings. The van der Waals surface area contributed by atoms with Crippen LogP contribution in [0.25, 0.3) is 10.6 Å². The largest absolute Gasteiger partial charge is 0.264 e. The van der Waals surface area contributed by atoms with Crippen LogP contribution >= 0.6 is 11.3 Å². The van der Waals surface area contributed by atoms with E-state index in [-0.39, 0.29) is 0 Å². The number of pyridine rings is 1. The molecule has 3 heteroatoms. The maximum atomic E-state index is 4.97. The van der Waals surface area contributed by atoms with Crippen LogP contribution in [-0.4, -0.2) is 9.97 Å². The van der Waals surface area contributed by atoms with Gasteiger partial charge in [-0.15, -0.1) is 11.3 Å². The number of aryl methyl sites for hydroxylation is 1. The van der Waals surface area contributed by atoms with E-state index in [1.165, 1.54) is 55.3 Å². The summed E-state index contributed by atoms with van der Waals surface area (Å²) < 4.78 is 0. The van der Waals surface area contributed by atoms with E-state index in [4.69, 9.17) is 4.98 Å². The van der Waals surface area contributed by atoms with Crippen LogP contribution in [0.1, 0.15) is 69.0 Å². The minimum Gasteiger partial charge on any atom is -0.264 e. The number of hydrogen-bond acceptors (Lipinski definition) is 3. The van der Waals surface area contributed by atoms with Gasteiger partial charge in [-0.25, -0.2) is 4.98 Å². The molecule has 3 rings (SSSR count). The zero-order valence-electron chi connectivity index (χ0n) is 12.8. The van der Waals surface area contributed by atoms with Gasteiger partial charge in [-0.1, -0.05) is 39.0 Å². The Morgan fingerprint density at radius 1 is 1.19 bits per heavy atom. The highest BCUT2D eigenvalue weighted by molar-refractivity contribution is 7.13. The average Bonchev–Trinajstić information content (AvgIpc) is 2.84. The fourth-order valence-electron chi connectivity index (χ4n) is 3.28. The Hall–Kier alpha value is -1.22. The molecule has 0 radical (unpaired) electrons. The Kier molecular flexibility index (Phi) is 5.02. The first-order chi connectivity index (χ1) is 10.4. The van der Waals surface area contributed by atoms with Crippen LogP contribution < -0.4 is 0 Å². The van der Waals surface area contributed by atoms with Crippen LogP contribution in [0.5, 0.6) is 0 Å². The molecule has 0 bridgehead atoms. The molecule has 112 valence electrons. The average molecular weight is 300 g/mol. The molecule has 0 amide bonds. The second-order valence-electron chi connectivity index (χ2n) is 6.05. The highest BCUT2D eigenvalue weighted by Crippen LogP contribution is 2.35. The molecule has 1 aliphatic carbocycles. The summed E-state index contributed by atoms with van der Waals surface area (Å²) in [6.45, 7) is 2.23. The molecule has 0 aliphatic heterocycles. The summed E-state index contributed by atoms with van der Waals surface area (Å²) >= 11 is 1.79. The molecule has 0 aromatic carbocycles. The van der Waals surface area contributed by atoms with Crippen LogP contribution in [0.3, 0.4) is 0 Å². The first kappa shape index (κ1) is 14.7. The number of rotatable bonds is 4. The topological polar surface area (TPSA) is 25.8 Å². The lowest BCUT2D eigenvalue weighted by atomic mass is 9.97. The van der Waals surface area contributed by atoms with E-state index in [0.29, 0.717) is 5.92 Å². The van der Waals surface area contributed by atoms with E-state index in [2.05, 4.69) is 23.4 Å². The Morgan fingerprint density at radius 3 is 2.76 bits per heavy atom. The summed E-state index contributed by atoms with van der Waals surface area (Å²) in [7, 11) is 0. The fraction of sp³-hybridized carbons (Fsp3) is 0.556. The van der Waals surface area contributed by atoms with Crippen LogP contribution in [0, 0.1) is 0 Å². The lowest BCUT2D eigenvalue weighted by molar-refractivity contribution is 0.581. The Balaban J connectivity index is 1.84. The molecule has 2 nitrogen and oxygen atoms in total. The van der Waals surface area contributed by atoms with Gasteiger partial charge in [0, 0.05) is 29.3 Å². The molecule has 21 heavy (non-hydrogen) atoms. The molecular weight excluding hydrogens is 276 g/mol. The minimum absolute atomic E-state index is 0.684. The summed E-state index contributed by atoms with van der Waals surface area (Å²) in [5.41, 5.74) is 3.95. The molecule has 2 aromatic heterocycles. The van der Waals surface area contributed by atoms with Gasteiger partial charge in [0.25, 0.3) is 0 Å². The Bertz CT molecular complexity index is 568. The lowest BCUT2D eigenvalue weighted by Crippen LogP contribution is -1.98. The van der Waals surface area contributed by atoms with Crippen LogP contribution in [0.2, 0.25) is 0 Å². The standard InChI is InChI=1S/C18H24N2S/c1-2-7-14-10-11-19-12-16(14)18-20-17(13-21-18)15-8-5-3-4-6-9-15/h10-13,15H,2-9H2,1H3. The molecule has 1 aliphatic rings. The van der Waals surface area contributed by atoms with Crippen LogP contribution in [0.4, 0.5) is 0 Å². The highest BCUT2D eigenvalue weighted by Gasteiger charge is 2.18. The van der Waals surface area contributed by atoms with Crippen molar-refractivity contribution < 1.29 is 0 Å². The molecule has 2 heterocycles. The number of hydrogen-bond donors (Lipinski definition) is 0. The molecule has 0 atom stereocenters. The summed E-state index contributed by atoms with van der Waals surface area (Å²) in [6.07, 6.45) is 14.3. The normalized spacial score (nSPS) is 16.8. The first-order valence-corrected chi connectivity index (χ1v) is 9.15. The third kappa shape index (κ3) is 3.52. The van der Waals surface area contributed by atoms with Gasteiger partial charge < -0.3 is 0 Å². The zero-order chi connectivity index (χ0) is 14.5. The molecule has 0 spiro atoms. The maximum absolute atomic E-state index is 4.97. The van der Waals surface area contributed by atoms with Crippen molar-refractivity contribution >= 4 is 11.3 Å². The van der Waals surface area contributed by atoms with Gasteiger partial charge in [0.05, 0.1) is 5.69 Å². The van der Waals surface area contributed by atoms with Gasteiger partial charge in [-0.05, 0) is 30.9 Å². The van der Waals surface area contributed by atoms with E-state index in [0.717, 1.165) is 17.8 Å². The van der Waals surface area contributed by atoms with Gasteiger partial charge in [-0.2, -0.15) is 0 Å². The van der Waals surface area contributed by atoms with Crippen LogP contribution in [0.15, 0.2) is 23.8 Å². The van der Waals surface area contributed by atoms with Crippen molar-refractivity contribution in [2.75, 3.05) is 0 Å². The predicted octanol–water partition coefficient (Wildman–Crippen LogP) is 5.60. The second kappa shape index (κ2) is 7.17. The SMILES string of the molecule is CCCc1ccncc1-c1nc(C2CCCCCC2)cs1. The van der Waals surface area contributed by atoms with Crippen molar-refractivity contribution in [2.24, 2.45) is 0 Å². The van der Waals surface area contributed by atoms with Crippen LogP contribution in [-0.2, 0) is 6.42 Å². The van der Waals surface area contributed by atoms with Crippen molar-refractivity contribution in [3.05, 3.63) is 35.1 Å². The van der Waals surface area contributed by atoms with Gasteiger partial charge in [-0.3, -0.25) is 4.98 Å². The van der Waals surface area contributed by atoms with Crippen molar-refractivity contribution in [3.8, 4) is 10.6 Å². The van der Waals surface area contributed by atoms with E-state index >= 15 is 0 Å². The van der Waals surface area contributed by atoms with Crippen molar-refractivity contribution in [3.63, 3.8) is 0 Å². The van der Waals surface area contributed by atoms with Gasteiger partial charge in [0.2, 0.25) is 0 Å². The summed E-state index contributed by atoms with van der Waals surface area (Å²) in [5, 5.41) is 3.44. The van der Waals surface area contributed by atoms with Crippen molar-refractivity contribution in [1.29, 1.82) is 0 Å². The summed E-state index contributed by atoms with van der Waals surface area (Å²) in [6, 6.07) is 2.14. The molecule has 1 fully saturated rings.